The number of halogens is 1. The van der Waals surface area contributed by atoms with Crippen molar-refractivity contribution >= 4 is 17.6 Å². The number of phenols is 1. The van der Waals surface area contributed by atoms with Gasteiger partial charge < -0.3 is 20.2 Å². The third-order valence-electron chi connectivity index (χ3n) is 5.59. The number of hydrogen-bond donors (Lipinski definition) is 3. The van der Waals surface area contributed by atoms with E-state index in [1.54, 1.807) is 48.5 Å². The van der Waals surface area contributed by atoms with Crippen LogP contribution in [0.5, 0.6) is 5.75 Å². The molecule has 0 atom stereocenters. The molecular weight excluding hydrogens is 439 g/mol. The zero-order valence-electron chi connectivity index (χ0n) is 18.0. The van der Waals surface area contributed by atoms with Crippen LogP contribution in [-0.4, -0.2) is 26.8 Å². The van der Waals surface area contributed by atoms with Crippen LogP contribution in [0, 0.1) is 5.82 Å². The number of carbonyl (C=O) groups excluding carboxylic acids is 2. The van der Waals surface area contributed by atoms with E-state index in [9.17, 15) is 19.1 Å². The van der Waals surface area contributed by atoms with E-state index in [4.69, 9.17) is 4.42 Å². The number of aromatic nitrogens is 2. The molecule has 0 spiro atoms. The van der Waals surface area contributed by atoms with E-state index < -0.39 is 17.8 Å². The van der Waals surface area contributed by atoms with Gasteiger partial charge in [-0.2, -0.15) is 9.78 Å². The minimum atomic E-state index is -0.488. The second kappa shape index (κ2) is 8.86. The maximum Gasteiger partial charge on any atom is 0.342 e. The molecule has 3 N–H and O–H groups in total. The summed E-state index contributed by atoms with van der Waals surface area (Å²) in [6, 6.07) is 15.2. The van der Waals surface area contributed by atoms with Gasteiger partial charge in [0.15, 0.2) is 5.76 Å². The van der Waals surface area contributed by atoms with E-state index in [2.05, 4.69) is 15.7 Å². The zero-order valence-corrected chi connectivity index (χ0v) is 18.0. The minimum absolute atomic E-state index is 0.0182. The van der Waals surface area contributed by atoms with Crippen LogP contribution in [0.25, 0.3) is 11.3 Å². The van der Waals surface area contributed by atoms with E-state index in [0.717, 1.165) is 12.8 Å². The molecule has 2 amide bonds. The number of benzene rings is 2. The number of anilines is 1. The maximum absolute atomic E-state index is 13.9. The fraction of sp³-hybridized carbons (Fsp3) is 0.160. The van der Waals surface area contributed by atoms with Crippen LogP contribution in [0.15, 0.2) is 71.3 Å². The van der Waals surface area contributed by atoms with Crippen molar-refractivity contribution in [3.05, 3.63) is 89.8 Å². The molecule has 1 aliphatic carbocycles. The highest BCUT2D eigenvalue weighted by Gasteiger charge is 2.31. The second-order valence-corrected chi connectivity index (χ2v) is 8.05. The molecule has 172 valence electrons. The van der Waals surface area contributed by atoms with Crippen LogP contribution in [0.2, 0.25) is 0 Å². The summed E-state index contributed by atoms with van der Waals surface area (Å²) in [4.78, 5) is 25.2. The van der Waals surface area contributed by atoms with Crippen LogP contribution >= 0.6 is 0 Å². The number of nitrogens with one attached hydrogen (secondary N) is 2. The van der Waals surface area contributed by atoms with Crippen LogP contribution in [0.3, 0.4) is 0 Å². The van der Waals surface area contributed by atoms with E-state index in [-0.39, 0.29) is 24.0 Å². The summed E-state index contributed by atoms with van der Waals surface area (Å²) in [5, 5.41) is 20.3. The van der Waals surface area contributed by atoms with Crippen LogP contribution in [0.1, 0.15) is 40.6 Å². The molecule has 2 aromatic carbocycles. The number of furan rings is 1. The normalized spacial score (nSPS) is 13.0. The fourth-order valence-corrected chi connectivity index (χ4v) is 3.67. The van der Waals surface area contributed by atoms with Gasteiger partial charge in [-0.1, -0.05) is 18.2 Å². The summed E-state index contributed by atoms with van der Waals surface area (Å²) in [6.45, 7) is 0.0182. The number of amides is 2. The van der Waals surface area contributed by atoms with Gasteiger partial charge in [0.25, 0.3) is 5.91 Å². The summed E-state index contributed by atoms with van der Waals surface area (Å²) < 4.78 is 20.3. The fourth-order valence-electron chi connectivity index (χ4n) is 3.67. The lowest BCUT2D eigenvalue weighted by atomic mass is 10.1. The molecule has 9 heteroatoms. The Labute approximate surface area is 194 Å². The number of aromatic hydroxyl groups is 1. The van der Waals surface area contributed by atoms with E-state index in [1.165, 1.54) is 23.1 Å². The highest BCUT2D eigenvalue weighted by Crippen LogP contribution is 2.42. The highest BCUT2D eigenvalue weighted by molar-refractivity contribution is 6.02. The van der Waals surface area contributed by atoms with Gasteiger partial charge in [-0.3, -0.25) is 4.79 Å². The lowest BCUT2D eigenvalue weighted by molar-refractivity contribution is 0.0996. The first-order valence-corrected chi connectivity index (χ1v) is 10.8. The Bertz CT molecular complexity index is 1360. The molecule has 0 bridgehead atoms. The van der Waals surface area contributed by atoms with Crippen LogP contribution < -0.4 is 10.6 Å². The predicted octanol–water partition coefficient (Wildman–Crippen LogP) is 4.88. The Morgan fingerprint density at radius 3 is 2.68 bits per heavy atom. The molecule has 0 aliphatic heterocycles. The summed E-state index contributed by atoms with van der Waals surface area (Å²) in [6.07, 6.45) is 3.26. The van der Waals surface area contributed by atoms with Crippen molar-refractivity contribution < 1.29 is 23.5 Å². The van der Waals surface area contributed by atoms with Crippen molar-refractivity contribution in [2.24, 2.45) is 0 Å². The third kappa shape index (κ3) is 4.40. The lowest BCUT2D eigenvalue weighted by Crippen LogP contribution is -2.30. The summed E-state index contributed by atoms with van der Waals surface area (Å²) in [5.74, 6) is -0.538. The van der Waals surface area contributed by atoms with Gasteiger partial charge in [0, 0.05) is 29.3 Å². The van der Waals surface area contributed by atoms with E-state index in [1.807, 2.05) is 0 Å². The van der Waals surface area contributed by atoms with Crippen molar-refractivity contribution in [1.29, 1.82) is 0 Å². The third-order valence-corrected chi connectivity index (χ3v) is 5.59. The Morgan fingerprint density at radius 2 is 1.94 bits per heavy atom. The molecular formula is C25H21FN4O4. The summed E-state index contributed by atoms with van der Waals surface area (Å²) in [5.41, 5.74) is 2.26. The van der Waals surface area contributed by atoms with Gasteiger partial charge in [-0.25, -0.2) is 9.18 Å². The second-order valence-electron chi connectivity index (χ2n) is 8.05. The molecule has 0 radical (unpaired) electrons. The Balaban J connectivity index is 1.40. The molecule has 1 fully saturated rings. The molecule has 1 aliphatic rings. The first kappa shape index (κ1) is 21.4. The van der Waals surface area contributed by atoms with Gasteiger partial charge in [-0.05, 0) is 55.3 Å². The minimum Gasteiger partial charge on any atom is -0.507 e. The summed E-state index contributed by atoms with van der Waals surface area (Å²) >= 11 is 0. The predicted molar refractivity (Wildman–Crippen MR) is 122 cm³/mol. The first-order chi connectivity index (χ1) is 16.5. The number of carbonyl (C=O) groups is 2. The molecule has 34 heavy (non-hydrogen) atoms. The molecule has 8 nitrogen and oxygen atoms in total. The Hall–Kier alpha value is -4.40. The number of phenolic OH excluding ortho intramolecular Hbond substituents is 1. The number of nitrogens with zero attached hydrogens (tertiary/aromatic N) is 2. The lowest BCUT2D eigenvalue weighted by Gasteiger charge is -2.09. The van der Waals surface area contributed by atoms with Gasteiger partial charge in [0.1, 0.15) is 11.6 Å². The quantitative estimate of drug-likeness (QED) is 0.356. The van der Waals surface area contributed by atoms with Gasteiger partial charge in [0.05, 0.1) is 17.7 Å². The first-order valence-electron chi connectivity index (χ1n) is 10.8. The van der Waals surface area contributed by atoms with Gasteiger partial charge >= 0.3 is 6.03 Å². The van der Waals surface area contributed by atoms with Crippen LogP contribution in [0.4, 0.5) is 14.9 Å². The average molecular weight is 460 g/mol. The SMILES string of the molecule is O=C(Nc1ccc(O)c(-c2cc(C3CC3)n(C(=O)NCc3ccccc3F)n2)c1)c1ccco1. The molecule has 2 heterocycles. The van der Waals surface area contributed by atoms with E-state index in [0.29, 0.717) is 28.2 Å². The number of hydrogen-bond acceptors (Lipinski definition) is 5. The maximum atomic E-state index is 13.9. The Kier molecular flexibility index (Phi) is 5.59. The van der Waals surface area contributed by atoms with Crippen molar-refractivity contribution in [2.75, 3.05) is 5.32 Å². The largest absolute Gasteiger partial charge is 0.507 e. The molecule has 0 unspecified atom stereocenters. The van der Waals surface area contributed by atoms with Gasteiger partial charge in [-0.15, -0.1) is 0 Å². The molecule has 5 rings (SSSR count). The highest BCUT2D eigenvalue weighted by atomic mass is 19.1. The van der Waals surface area contributed by atoms with Crippen molar-refractivity contribution in [1.82, 2.24) is 15.1 Å². The topological polar surface area (TPSA) is 109 Å². The zero-order chi connectivity index (χ0) is 23.7. The van der Waals surface area contributed by atoms with Crippen LogP contribution in [-0.2, 0) is 6.54 Å². The van der Waals surface area contributed by atoms with E-state index >= 15 is 0 Å². The van der Waals surface area contributed by atoms with Crippen molar-refractivity contribution in [3.63, 3.8) is 0 Å². The monoisotopic (exact) mass is 460 g/mol. The standard InChI is InChI=1S/C25H21FN4O4/c26-19-5-2-1-4-16(19)14-27-25(33)30-21(15-7-8-15)13-20(29-30)18-12-17(9-10-22(18)31)28-24(32)23-6-3-11-34-23/h1-6,9-13,15,31H,7-8,14H2,(H,27,33)(H,28,32). The molecule has 2 aromatic heterocycles. The molecule has 1 saturated carbocycles. The smallest absolute Gasteiger partial charge is 0.342 e. The van der Waals surface area contributed by atoms with Crippen molar-refractivity contribution in [2.45, 2.75) is 25.3 Å². The van der Waals surface area contributed by atoms with Gasteiger partial charge in [0.2, 0.25) is 0 Å². The Morgan fingerprint density at radius 1 is 1.12 bits per heavy atom. The summed E-state index contributed by atoms with van der Waals surface area (Å²) in [7, 11) is 0. The number of rotatable bonds is 6. The average Bonchev–Trinajstić information content (AvgIpc) is 3.34. The van der Waals surface area contributed by atoms with Crippen molar-refractivity contribution in [3.8, 4) is 17.0 Å². The molecule has 0 saturated heterocycles. The molecule has 4 aromatic rings.